The molecule has 5 nitrogen and oxygen atoms in total. The zero-order chi connectivity index (χ0) is 11.3. The summed E-state index contributed by atoms with van der Waals surface area (Å²) in [5.74, 6) is 0.473. The van der Waals surface area contributed by atoms with Gasteiger partial charge in [-0.2, -0.15) is 0 Å². The number of aryl methyl sites for hydroxylation is 1. The van der Waals surface area contributed by atoms with Gasteiger partial charge >= 0.3 is 0 Å². The third-order valence-corrected chi connectivity index (χ3v) is 2.18. The number of aromatic nitrogens is 2. The van der Waals surface area contributed by atoms with E-state index in [0.29, 0.717) is 18.1 Å². The Hall–Kier alpha value is -1.36. The van der Waals surface area contributed by atoms with E-state index >= 15 is 0 Å². The molecule has 0 aromatic carbocycles. The van der Waals surface area contributed by atoms with Gasteiger partial charge in [0.25, 0.3) is 5.56 Å². The van der Waals surface area contributed by atoms with Crippen molar-refractivity contribution in [2.45, 2.75) is 32.7 Å². The van der Waals surface area contributed by atoms with Crippen LogP contribution in [-0.4, -0.2) is 27.7 Å². The van der Waals surface area contributed by atoms with Crippen molar-refractivity contribution in [2.75, 3.05) is 11.9 Å². The summed E-state index contributed by atoms with van der Waals surface area (Å²) in [6, 6.07) is 1.58. The van der Waals surface area contributed by atoms with Gasteiger partial charge in [0.1, 0.15) is 0 Å². The molecule has 1 unspecified atom stereocenters. The minimum absolute atomic E-state index is 0.127. The summed E-state index contributed by atoms with van der Waals surface area (Å²) in [5.41, 5.74) is 0.518. The first-order valence-electron chi connectivity index (χ1n) is 5.11. The van der Waals surface area contributed by atoms with Crippen LogP contribution < -0.4 is 10.9 Å². The van der Waals surface area contributed by atoms with Crippen molar-refractivity contribution in [2.24, 2.45) is 0 Å². The first kappa shape index (κ1) is 11.7. The van der Waals surface area contributed by atoms with Crippen LogP contribution in [0.15, 0.2) is 10.9 Å². The highest BCUT2D eigenvalue weighted by molar-refractivity contribution is 5.26. The van der Waals surface area contributed by atoms with Gasteiger partial charge in [-0.1, -0.05) is 6.92 Å². The number of aliphatic hydroxyl groups excluding tert-OH is 1. The molecule has 0 fully saturated rings. The normalized spacial score (nSPS) is 12.5. The molecule has 1 atom stereocenters. The van der Waals surface area contributed by atoms with Crippen LogP contribution >= 0.6 is 0 Å². The topological polar surface area (TPSA) is 78.0 Å². The van der Waals surface area contributed by atoms with Crippen molar-refractivity contribution in [1.29, 1.82) is 0 Å². The number of hydrogen-bond donors (Lipinski definition) is 3. The zero-order valence-electron chi connectivity index (χ0n) is 9.08. The highest BCUT2D eigenvalue weighted by Gasteiger charge is 2.06. The van der Waals surface area contributed by atoms with Gasteiger partial charge < -0.3 is 10.4 Å². The molecular formula is C10H17N3O2. The van der Waals surface area contributed by atoms with Crippen molar-refractivity contribution < 1.29 is 5.11 Å². The van der Waals surface area contributed by atoms with Gasteiger partial charge in [0, 0.05) is 24.4 Å². The lowest BCUT2D eigenvalue weighted by Gasteiger charge is -2.15. The highest BCUT2D eigenvalue weighted by atomic mass is 16.3. The standard InChI is InChI=1S/C10H17N3O2/c1-3-8(4-5-14)12-10-11-7(2)6-9(15)13-10/h6,8,14H,3-5H2,1-2H3,(H2,11,12,13,15). The number of hydrogen-bond acceptors (Lipinski definition) is 4. The number of aliphatic hydroxyl groups is 1. The Morgan fingerprint density at radius 1 is 1.67 bits per heavy atom. The second-order valence-electron chi connectivity index (χ2n) is 3.50. The second-order valence-corrected chi connectivity index (χ2v) is 3.50. The Kier molecular flexibility index (Phi) is 4.30. The summed E-state index contributed by atoms with van der Waals surface area (Å²) >= 11 is 0. The van der Waals surface area contributed by atoms with Crippen molar-refractivity contribution in [3.05, 3.63) is 22.1 Å². The molecule has 0 aliphatic carbocycles. The fraction of sp³-hybridized carbons (Fsp3) is 0.600. The number of anilines is 1. The highest BCUT2D eigenvalue weighted by Crippen LogP contribution is 2.04. The summed E-state index contributed by atoms with van der Waals surface area (Å²) in [6.07, 6.45) is 1.52. The molecule has 1 aromatic rings. The number of aromatic amines is 1. The van der Waals surface area contributed by atoms with Gasteiger partial charge in [-0.3, -0.25) is 9.78 Å². The van der Waals surface area contributed by atoms with Gasteiger partial charge in [-0.25, -0.2) is 4.98 Å². The van der Waals surface area contributed by atoms with E-state index in [4.69, 9.17) is 5.11 Å². The molecule has 0 saturated carbocycles. The number of nitrogens with zero attached hydrogens (tertiary/aromatic N) is 1. The summed E-state index contributed by atoms with van der Waals surface area (Å²) in [6.45, 7) is 3.91. The molecule has 3 N–H and O–H groups in total. The van der Waals surface area contributed by atoms with Crippen LogP contribution in [-0.2, 0) is 0 Å². The summed E-state index contributed by atoms with van der Waals surface area (Å²) in [4.78, 5) is 17.9. The van der Waals surface area contributed by atoms with Crippen LogP contribution in [0.5, 0.6) is 0 Å². The summed E-state index contributed by atoms with van der Waals surface area (Å²) in [5, 5.41) is 11.9. The number of rotatable bonds is 5. The van der Waals surface area contributed by atoms with E-state index in [2.05, 4.69) is 15.3 Å². The Balaban J connectivity index is 2.74. The summed E-state index contributed by atoms with van der Waals surface area (Å²) < 4.78 is 0. The number of H-pyrrole nitrogens is 1. The van der Waals surface area contributed by atoms with Gasteiger partial charge in [0.15, 0.2) is 0 Å². The lowest BCUT2D eigenvalue weighted by atomic mass is 10.2. The predicted molar refractivity (Wildman–Crippen MR) is 59.0 cm³/mol. The Morgan fingerprint density at radius 3 is 2.93 bits per heavy atom. The fourth-order valence-corrected chi connectivity index (χ4v) is 1.37. The molecule has 0 bridgehead atoms. The van der Waals surface area contributed by atoms with E-state index in [1.807, 2.05) is 6.92 Å². The maximum Gasteiger partial charge on any atom is 0.252 e. The van der Waals surface area contributed by atoms with Crippen LogP contribution in [0.25, 0.3) is 0 Å². The van der Waals surface area contributed by atoms with Gasteiger partial charge in [0.2, 0.25) is 5.95 Å². The van der Waals surface area contributed by atoms with E-state index in [-0.39, 0.29) is 18.2 Å². The molecule has 0 aliphatic rings. The minimum atomic E-state index is -0.163. The monoisotopic (exact) mass is 211 g/mol. The zero-order valence-corrected chi connectivity index (χ0v) is 9.08. The quantitative estimate of drug-likeness (QED) is 0.668. The Morgan fingerprint density at radius 2 is 2.40 bits per heavy atom. The third-order valence-electron chi connectivity index (χ3n) is 2.18. The molecule has 15 heavy (non-hydrogen) atoms. The van der Waals surface area contributed by atoms with Crippen molar-refractivity contribution in [3.63, 3.8) is 0 Å². The molecule has 1 heterocycles. The van der Waals surface area contributed by atoms with Crippen LogP contribution in [0.3, 0.4) is 0 Å². The Bertz CT molecular complexity index is 362. The first-order chi connectivity index (χ1) is 7.15. The van der Waals surface area contributed by atoms with E-state index in [1.54, 1.807) is 6.92 Å². The SMILES string of the molecule is CCC(CCO)Nc1nc(C)cc(=O)[nH]1. The molecule has 0 radical (unpaired) electrons. The van der Waals surface area contributed by atoms with Gasteiger partial charge in [0.05, 0.1) is 0 Å². The fourth-order valence-electron chi connectivity index (χ4n) is 1.37. The molecule has 1 aromatic heterocycles. The van der Waals surface area contributed by atoms with Crippen LogP contribution in [0.4, 0.5) is 5.95 Å². The maximum absolute atomic E-state index is 11.2. The molecule has 0 spiro atoms. The van der Waals surface area contributed by atoms with E-state index in [0.717, 1.165) is 6.42 Å². The molecular weight excluding hydrogens is 194 g/mol. The summed E-state index contributed by atoms with van der Waals surface area (Å²) in [7, 11) is 0. The van der Waals surface area contributed by atoms with Gasteiger partial charge in [-0.05, 0) is 19.8 Å². The molecule has 5 heteroatoms. The number of nitrogens with one attached hydrogen (secondary N) is 2. The first-order valence-corrected chi connectivity index (χ1v) is 5.11. The predicted octanol–water partition coefficient (Wildman–Crippen LogP) is 0.651. The van der Waals surface area contributed by atoms with E-state index in [9.17, 15) is 4.79 Å². The third kappa shape index (κ3) is 3.71. The average Bonchev–Trinajstić information content (AvgIpc) is 2.15. The second kappa shape index (κ2) is 5.50. The van der Waals surface area contributed by atoms with Crippen molar-refractivity contribution in [3.8, 4) is 0 Å². The maximum atomic E-state index is 11.2. The van der Waals surface area contributed by atoms with Gasteiger partial charge in [-0.15, -0.1) is 0 Å². The van der Waals surface area contributed by atoms with E-state index < -0.39 is 0 Å². The van der Waals surface area contributed by atoms with E-state index in [1.165, 1.54) is 6.07 Å². The van der Waals surface area contributed by atoms with Crippen LogP contribution in [0, 0.1) is 6.92 Å². The Labute approximate surface area is 88.6 Å². The lowest BCUT2D eigenvalue weighted by molar-refractivity contribution is 0.278. The largest absolute Gasteiger partial charge is 0.396 e. The molecule has 0 amide bonds. The average molecular weight is 211 g/mol. The molecule has 0 saturated heterocycles. The van der Waals surface area contributed by atoms with Crippen molar-refractivity contribution >= 4 is 5.95 Å². The molecule has 1 rings (SSSR count). The smallest absolute Gasteiger partial charge is 0.252 e. The minimum Gasteiger partial charge on any atom is -0.396 e. The van der Waals surface area contributed by atoms with Crippen molar-refractivity contribution in [1.82, 2.24) is 9.97 Å². The molecule has 84 valence electrons. The molecule has 0 aliphatic heterocycles. The van der Waals surface area contributed by atoms with Crippen LogP contribution in [0.1, 0.15) is 25.5 Å². The van der Waals surface area contributed by atoms with Crippen LogP contribution in [0.2, 0.25) is 0 Å². The lowest BCUT2D eigenvalue weighted by Crippen LogP contribution is -2.23.